The lowest BCUT2D eigenvalue weighted by Gasteiger charge is -2.22. The minimum Gasteiger partial charge on any atom is -0.355 e. The highest BCUT2D eigenvalue weighted by molar-refractivity contribution is 5.71. The first kappa shape index (κ1) is 13.8. The summed E-state index contributed by atoms with van der Waals surface area (Å²) in [5, 5.41) is 0. The van der Waals surface area contributed by atoms with Crippen molar-refractivity contribution in [3.05, 3.63) is 43.0 Å². The molecule has 0 spiro atoms. The first-order valence-electron chi connectivity index (χ1n) is 7.75. The maximum Gasteiger partial charge on any atom is 0.225 e. The van der Waals surface area contributed by atoms with Crippen molar-refractivity contribution >= 4 is 22.9 Å². The lowest BCUT2D eigenvalue weighted by Crippen LogP contribution is -2.32. The molecule has 3 aromatic rings. The molecule has 7 heteroatoms. The van der Waals surface area contributed by atoms with Crippen LogP contribution in [0.2, 0.25) is 0 Å². The molecule has 0 radical (unpaired) electrons. The van der Waals surface area contributed by atoms with E-state index in [2.05, 4.69) is 34.7 Å². The number of aromatic nitrogens is 5. The molecule has 0 N–H and O–H groups in total. The third-order valence-corrected chi connectivity index (χ3v) is 3.97. The average molecular weight is 307 g/mol. The first-order valence-corrected chi connectivity index (χ1v) is 7.75. The first-order chi connectivity index (χ1) is 11.4. The summed E-state index contributed by atoms with van der Waals surface area (Å²) in [5.74, 6) is 1.75. The Balaban J connectivity index is 1.53. The predicted octanol–water partition coefficient (Wildman–Crippen LogP) is 1.53. The predicted molar refractivity (Wildman–Crippen MR) is 88.4 cm³/mol. The zero-order valence-corrected chi connectivity index (χ0v) is 12.7. The van der Waals surface area contributed by atoms with E-state index in [4.69, 9.17) is 0 Å². The lowest BCUT2D eigenvalue weighted by atomic mass is 10.3. The minimum atomic E-state index is 0.692. The molecule has 116 valence electrons. The molecule has 4 rings (SSSR count). The van der Waals surface area contributed by atoms with Crippen molar-refractivity contribution < 1.29 is 0 Å². The summed E-state index contributed by atoms with van der Waals surface area (Å²) in [6.07, 6.45) is 7.98. The largest absolute Gasteiger partial charge is 0.355 e. The monoisotopic (exact) mass is 307 g/mol. The van der Waals surface area contributed by atoms with Crippen LogP contribution in [0.5, 0.6) is 0 Å². The van der Waals surface area contributed by atoms with Crippen LogP contribution in [0, 0.1) is 0 Å². The summed E-state index contributed by atoms with van der Waals surface area (Å²) in [4.78, 5) is 26.4. The van der Waals surface area contributed by atoms with E-state index in [0.29, 0.717) is 5.65 Å². The molecule has 0 bridgehead atoms. The van der Waals surface area contributed by atoms with Crippen LogP contribution in [0.1, 0.15) is 6.42 Å². The van der Waals surface area contributed by atoms with Crippen LogP contribution in [0.25, 0.3) is 11.2 Å². The maximum atomic E-state index is 4.64. The summed E-state index contributed by atoms with van der Waals surface area (Å²) in [5.41, 5.74) is 1.52. The van der Waals surface area contributed by atoms with Crippen LogP contribution in [0.3, 0.4) is 0 Å². The van der Waals surface area contributed by atoms with Gasteiger partial charge in [-0.25, -0.2) is 19.9 Å². The maximum absolute atomic E-state index is 4.64. The van der Waals surface area contributed by atoms with Crippen molar-refractivity contribution in [3.8, 4) is 0 Å². The van der Waals surface area contributed by atoms with Crippen LogP contribution in [0.15, 0.2) is 43.0 Å². The number of rotatable bonds is 2. The molecule has 0 aromatic carbocycles. The van der Waals surface area contributed by atoms with Crippen molar-refractivity contribution in [2.75, 3.05) is 36.0 Å². The molecule has 23 heavy (non-hydrogen) atoms. The molecule has 0 unspecified atom stereocenters. The zero-order valence-electron chi connectivity index (χ0n) is 12.7. The molecule has 4 heterocycles. The number of hydrogen-bond donors (Lipinski definition) is 0. The standard InChI is InChI=1S/C16H17N7/c1-5-19-16(20-6-1)23-10-2-9-22(11-12-23)14-4-3-13-15(21-14)18-8-7-17-13/h1,3-8H,2,9-12H2. The molecule has 3 aromatic heterocycles. The van der Waals surface area contributed by atoms with Gasteiger partial charge in [-0.2, -0.15) is 0 Å². The van der Waals surface area contributed by atoms with Crippen LogP contribution in [-0.4, -0.2) is 51.1 Å². The van der Waals surface area contributed by atoms with E-state index >= 15 is 0 Å². The number of pyridine rings is 1. The summed E-state index contributed by atoms with van der Waals surface area (Å²) in [6.45, 7) is 3.68. The van der Waals surface area contributed by atoms with Crippen LogP contribution in [-0.2, 0) is 0 Å². The third-order valence-electron chi connectivity index (χ3n) is 3.97. The number of nitrogens with zero attached hydrogens (tertiary/aromatic N) is 7. The minimum absolute atomic E-state index is 0.692. The van der Waals surface area contributed by atoms with Crippen molar-refractivity contribution in [3.63, 3.8) is 0 Å². The smallest absolute Gasteiger partial charge is 0.225 e. The van der Waals surface area contributed by atoms with Gasteiger partial charge in [0.25, 0.3) is 0 Å². The SMILES string of the molecule is c1cnc(N2CCCN(c3ccc4nccnc4n3)CC2)nc1. The fraction of sp³-hybridized carbons (Fsp3) is 0.312. The van der Waals surface area contributed by atoms with Gasteiger partial charge < -0.3 is 9.80 Å². The van der Waals surface area contributed by atoms with E-state index in [0.717, 1.165) is 49.9 Å². The highest BCUT2D eigenvalue weighted by Gasteiger charge is 2.18. The Morgan fingerprint density at radius 1 is 0.739 bits per heavy atom. The summed E-state index contributed by atoms with van der Waals surface area (Å²) in [6, 6.07) is 5.84. The van der Waals surface area contributed by atoms with Crippen molar-refractivity contribution in [2.45, 2.75) is 6.42 Å². The van der Waals surface area contributed by atoms with Gasteiger partial charge in [0.15, 0.2) is 5.65 Å². The van der Waals surface area contributed by atoms with Gasteiger partial charge in [0.1, 0.15) is 11.3 Å². The topological polar surface area (TPSA) is 70.9 Å². The van der Waals surface area contributed by atoms with E-state index in [9.17, 15) is 0 Å². The third kappa shape index (κ3) is 2.90. The van der Waals surface area contributed by atoms with E-state index in [1.54, 1.807) is 24.8 Å². The second-order valence-electron chi connectivity index (χ2n) is 5.44. The molecule has 0 amide bonds. The highest BCUT2D eigenvalue weighted by Crippen LogP contribution is 2.18. The average Bonchev–Trinajstić information content (AvgIpc) is 2.88. The molecule has 1 aliphatic rings. The van der Waals surface area contributed by atoms with Crippen molar-refractivity contribution in [1.29, 1.82) is 0 Å². The molecular weight excluding hydrogens is 290 g/mol. The number of anilines is 2. The molecule has 0 aliphatic carbocycles. The van der Waals surface area contributed by atoms with Gasteiger partial charge in [-0.3, -0.25) is 4.98 Å². The Hall–Kier alpha value is -2.83. The van der Waals surface area contributed by atoms with E-state index < -0.39 is 0 Å². The van der Waals surface area contributed by atoms with Crippen molar-refractivity contribution in [1.82, 2.24) is 24.9 Å². The molecular formula is C16H17N7. The zero-order chi connectivity index (χ0) is 15.5. The number of hydrogen-bond acceptors (Lipinski definition) is 7. The Kier molecular flexibility index (Phi) is 3.67. The van der Waals surface area contributed by atoms with E-state index in [1.165, 1.54) is 0 Å². The molecule has 7 nitrogen and oxygen atoms in total. The second kappa shape index (κ2) is 6.12. The molecule has 1 aliphatic heterocycles. The fourth-order valence-corrected chi connectivity index (χ4v) is 2.82. The molecule has 0 saturated carbocycles. The van der Waals surface area contributed by atoms with E-state index in [-0.39, 0.29) is 0 Å². The van der Waals surface area contributed by atoms with Gasteiger partial charge in [0.2, 0.25) is 5.95 Å². The Bertz CT molecular complexity index is 793. The fourth-order valence-electron chi connectivity index (χ4n) is 2.82. The van der Waals surface area contributed by atoms with Gasteiger partial charge in [-0.15, -0.1) is 0 Å². The highest BCUT2D eigenvalue weighted by atomic mass is 15.3. The molecule has 0 atom stereocenters. The van der Waals surface area contributed by atoms with Gasteiger partial charge in [-0.05, 0) is 24.6 Å². The number of fused-ring (bicyclic) bond motifs is 1. The molecule has 1 fully saturated rings. The van der Waals surface area contributed by atoms with Gasteiger partial charge >= 0.3 is 0 Å². The summed E-state index contributed by atoms with van der Waals surface area (Å²) >= 11 is 0. The van der Waals surface area contributed by atoms with Gasteiger partial charge in [0.05, 0.1) is 0 Å². The Morgan fingerprint density at radius 2 is 1.52 bits per heavy atom. The van der Waals surface area contributed by atoms with Gasteiger partial charge in [0, 0.05) is 51.0 Å². The quantitative estimate of drug-likeness (QED) is 0.711. The van der Waals surface area contributed by atoms with E-state index in [1.807, 2.05) is 18.2 Å². The Labute approximate surface area is 134 Å². The molecule has 1 saturated heterocycles. The van der Waals surface area contributed by atoms with Crippen LogP contribution < -0.4 is 9.80 Å². The van der Waals surface area contributed by atoms with Crippen LogP contribution in [0.4, 0.5) is 11.8 Å². The van der Waals surface area contributed by atoms with Crippen LogP contribution >= 0.6 is 0 Å². The summed E-state index contributed by atoms with van der Waals surface area (Å²) < 4.78 is 0. The summed E-state index contributed by atoms with van der Waals surface area (Å²) in [7, 11) is 0. The normalized spacial score (nSPS) is 15.7. The lowest BCUT2D eigenvalue weighted by molar-refractivity contribution is 0.781. The van der Waals surface area contributed by atoms with Gasteiger partial charge in [-0.1, -0.05) is 0 Å². The second-order valence-corrected chi connectivity index (χ2v) is 5.44. The Morgan fingerprint density at radius 3 is 2.43 bits per heavy atom. The van der Waals surface area contributed by atoms with Crippen molar-refractivity contribution in [2.24, 2.45) is 0 Å².